The monoisotopic (exact) mass is 478 g/mol. The zero-order valence-electron chi connectivity index (χ0n) is 19.1. The van der Waals surface area contributed by atoms with Gasteiger partial charge in [0.1, 0.15) is 12.2 Å². The molecule has 3 aliphatic rings. The standard InChI is InChI=1S/C22H31FN6O3S/c1-15-9-28(10-16(2)25-15)18-7-17(33-26-22(12-23)13-32-14-22)11-29-19(18)8-24-20(29)21(30)27-3-5-31-6-4-27/h7-8,11,15-16,25-26H,3-6,9-10,12-14H2,1-2H3/t15-,16-/m0/s1. The average Bonchev–Trinajstić information content (AvgIpc) is 3.21. The number of alkyl halides is 1. The highest BCUT2D eigenvalue weighted by Crippen LogP contribution is 2.32. The quantitative estimate of drug-likeness (QED) is 0.602. The molecule has 3 aliphatic heterocycles. The van der Waals surface area contributed by atoms with Crippen molar-refractivity contribution in [3.05, 3.63) is 24.3 Å². The minimum atomic E-state index is -0.654. The van der Waals surface area contributed by atoms with Crippen LogP contribution in [-0.2, 0) is 9.47 Å². The number of amides is 1. The molecule has 0 saturated carbocycles. The summed E-state index contributed by atoms with van der Waals surface area (Å²) in [7, 11) is 0. The zero-order chi connectivity index (χ0) is 23.0. The predicted molar refractivity (Wildman–Crippen MR) is 125 cm³/mol. The van der Waals surface area contributed by atoms with E-state index >= 15 is 0 Å². The molecule has 3 saturated heterocycles. The highest BCUT2D eigenvalue weighted by atomic mass is 32.2. The summed E-state index contributed by atoms with van der Waals surface area (Å²) in [6.07, 6.45) is 3.70. The molecule has 1 amide bonds. The summed E-state index contributed by atoms with van der Waals surface area (Å²) in [5.41, 5.74) is 1.26. The van der Waals surface area contributed by atoms with Crippen molar-refractivity contribution in [3.63, 3.8) is 0 Å². The van der Waals surface area contributed by atoms with Crippen molar-refractivity contribution >= 4 is 29.1 Å². The number of nitrogens with zero attached hydrogens (tertiary/aromatic N) is 4. The maximum absolute atomic E-state index is 13.6. The Kier molecular flexibility index (Phi) is 6.49. The number of morpholine rings is 1. The first-order valence-electron chi connectivity index (χ1n) is 11.4. The lowest BCUT2D eigenvalue weighted by Gasteiger charge is -2.39. The van der Waals surface area contributed by atoms with Crippen LogP contribution in [0.5, 0.6) is 0 Å². The summed E-state index contributed by atoms with van der Waals surface area (Å²) >= 11 is 1.38. The van der Waals surface area contributed by atoms with E-state index in [2.05, 4.69) is 39.8 Å². The summed E-state index contributed by atoms with van der Waals surface area (Å²) in [5.74, 6) is 0.285. The van der Waals surface area contributed by atoms with Crippen molar-refractivity contribution in [2.75, 3.05) is 64.2 Å². The predicted octanol–water partition coefficient (Wildman–Crippen LogP) is 1.33. The summed E-state index contributed by atoms with van der Waals surface area (Å²) in [6.45, 7) is 8.44. The topological polar surface area (TPSA) is 83.4 Å². The maximum atomic E-state index is 13.6. The molecule has 5 heterocycles. The Balaban J connectivity index is 1.51. The number of carbonyl (C=O) groups is 1. The van der Waals surface area contributed by atoms with Crippen LogP contribution in [0, 0.1) is 0 Å². The average molecular weight is 479 g/mol. The molecule has 0 spiro atoms. The Hall–Kier alpha value is -1.92. The SMILES string of the molecule is C[C@H]1CN(c2cc(SNC3(CF)COC3)cn3c(C(=O)N4CCOCC4)ncc23)C[C@H](C)N1. The van der Waals surface area contributed by atoms with Crippen LogP contribution < -0.4 is 14.9 Å². The van der Waals surface area contributed by atoms with Crippen LogP contribution in [0.2, 0.25) is 0 Å². The van der Waals surface area contributed by atoms with E-state index in [0.717, 1.165) is 29.2 Å². The van der Waals surface area contributed by atoms with Crippen LogP contribution in [-0.4, -0.2) is 97.1 Å². The molecule has 0 aliphatic carbocycles. The third kappa shape index (κ3) is 4.57. The maximum Gasteiger partial charge on any atom is 0.290 e. The van der Waals surface area contributed by atoms with Crippen LogP contribution in [0.1, 0.15) is 24.5 Å². The van der Waals surface area contributed by atoms with Crippen LogP contribution >= 0.6 is 11.9 Å². The van der Waals surface area contributed by atoms with Crippen molar-refractivity contribution in [1.82, 2.24) is 24.3 Å². The number of nitrogens with one attached hydrogen (secondary N) is 2. The summed E-state index contributed by atoms with van der Waals surface area (Å²) in [4.78, 5) is 22.8. The Morgan fingerprint density at radius 3 is 2.64 bits per heavy atom. The second-order valence-corrected chi connectivity index (χ2v) is 10.2. The van der Waals surface area contributed by atoms with Gasteiger partial charge in [-0.2, -0.15) is 0 Å². The second-order valence-electron chi connectivity index (χ2n) is 9.29. The summed E-state index contributed by atoms with van der Waals surface area (Å²) in [6, 6.07) is 2.78. The third-order valence-electron chi connectivity index (χ3n) is 6.38. The van der Waals surface area contributed by atoms with E-state index in [4.69, 9.17) is 9.47 Å². The Labute approximate surface area is 197 Å². The highest BCUT2D eigenvalue weighted by Gasteiger charge is 2.39. The van der Waals surface area contributed by atoms with Gasteiger partial charge in [0.2, 0.25) is 5.82 Å². The van der Waals surface area contributed by atoms with E-state index in [1.807, 2.05) is 10.6 Å². The second kappa shape index (κ2) is 9.38. The molecule has 180 valence electrons. The van der Waals surface area contributed by atoms with Crippen molar-refractivity contribution in [2.24, 2.45) is 0 Å². The molecule has 3 fully saturated rings. The molecule has 0 bridgehead atoms. The number of hydrogen-bond acceptors (Lipinski definition) is 8. The summed E-state index contributed by atoms with van der Waals surface area (Å²) in [5, 5.41) is 3.57. The molecule has 2 aromatic heterocycles. The first-order valence-corrected chi connectivity index (χ1v) is 12.3. The van der Waals surface area contributed by atoms with Gasteiger partial charge in [0.05, 0.1) is 43.8 Å². The lowest BCUT2D eigenvalue weighted by atomic mass is 10.0. The van der Waals surface area contributed by atoms with E-state index in [-0.39, 0.29) is 5.91 Å². The normalized spacial score (nSPS) is 25.3. The smallest absolute Gasteiger partial charge is 0.290 e. The number of anilines is 1. The van der Waals surface area contributed by atoms with Crippen LogP contribution in [0.15, 0.2) is 23.4 Å². The van der Waals surface area contributed by atoms with Gasteiger partial charge < -0.3 is 24.6 Å². The van der Waals surface area contributed by atoms with Gasteiger partial charge in [-0.1, -0.05) is 0 Å². The Bertz CT molecular complexity index is 994. The van der Waals surface area contributed by atoms with E-state index in [1.54, 1.807) is 11.1 Å². The molecule has 2 aromatic rings. The van der Waals surface area contributed by atoms with Crippen molar-refractivity contribution in [2.45, 2.75) is 36.4 Å². The highest BCUT2D eigenvalue weighted by molar-refractivity contribution is 7.97. The lowest BCUT2D eigenvalue weighted by molar-refractivity contribution is -0.0712. The number of rotatable bonds is 6. The van der Waals surface area contributed by atoms with Gasteiger partial charge in [-0.15, -0.1) is 0 Å². The van der Waals surface area contributed by atoms with E-state index in [9.17, 15) is 9.18 Å². The van der Waals surface area contributed by atoms with Gasteiger partial charge in [-0.25, -0.2) is 14.1 Å². The largest absolute Gasteiger partial charge is 0.378 e. The van der Waals surface area contributed by atoms with E-state index in [1.165, 1.54) is 11.9 Å². The van der Waals surface area contributed by atoms with E-state index < -0.39 is 12.2 Å². The minimum absolute atomic E-state index is 0.103. The fourth-order valence-corrected chi connectivity index (χ4v) is 5.47. The number of ether oxygens (including phenoxy) is 2. The number of piperazine rings is 1. The molecular weight excluding hydrogens is 447 g/mol. The van der Waals surface area contributed by atoms with Gasteiger partial charge in [0, 0.05) is 49.4 Å². The van der Waals surface area contributed by atoms with Gasteiger partial charge in [-0.05, 0) is 31.9 Å². The minimum Gasteiger partial charge on any atom is -0.378 e. The first kappa shape index (κ1) is 22.9. The Morgan fingerprint density at radius 2 is 2.00 bits per heavy atom. The van der Waals surface area contributed by atoms with Gasteiger partial charge in [-0.3, -0.25) is 9.20 Å². The van der Waals surface area contributed by atoms with Crippen LogP contribution in [0.3, 0.4) is 0 Å². The van der Waals surface area contributed by atoms with Gasteiger partial charge in [0.25, 0.3) is 5.91 Å². The fraction of sp³-hybridized carbons (Fsp3) is 0.636. The number of aromatic nitrogens is 2. The van der Waals surface area contributed by atoms with Crippen molar-refractivity contribution < 1.29 is 18.7 Å². The molecule has 2 atom stereocenters. The molecule has 9 nitrogen and oxygen atoms in total. The number of carbonyl (C=O) groups excluding carboxylic acids is 1. The molecule has 0 aromatic carbocycles. The van der Waals surface area contributed by atoms with Crippen molar-refractivity contribution in [3.8, 4) is 0 Å². The molecule has 0 unspecified atom stereocenters. The fourth-order valence-electron chi connectivity index (χ4n) is 4.63. The number of fused-ring (bicyclic) bond motifs is 1. The lowest BCUT2D eigenvalue weighted by Crippen LogP contribution is -2.59. The van der Waals surface area contributed by atoms with E-state index in [0.29, 0.717) is 57.4 Å². The first-order chi connectivity index (χ1) is 16.0. The van der Waals surface area contributed by atoms with Crippen LogP contribution in [0.25, 0.3) is 5.52 Å². The third-order valence-corrected chi connectivity index (χ3v) is 7.37. The zero-order valence-corrected chi connectivity index (χ0v) is 19.9. The molecule has 2 N–H and O–H groups in total. The Morgan fingerprint density at radius 1 is 1.27 bits per heavy atom. The molecule has 33 heavy (non-hydrogen) atoms. The summed E-state index contributed by atoms with van der Waals surface area (Å²) < 4.78 is 29.3. The van der Waals surface area contributed by atoms with Gasteiger partial charge >= 0.3 is 0 Å². The van der Waals surface area contributed by atoms with Gasteiger partial charge in [0.15, 0.2) is 0 Å². The van der Waals surface area contributed by atoms with Crippen molar-refractivity contribution in [1.29, 1.82) is 0 Å². The molecule has 11 heteroatoms. The molecular formula is C22H31FN6O3S. The number of hydrogen-bond donors (Lipinski definition) is 2. The molecule has 5 rings (SSSR count). The number of pyridine rings is 1. The number of halogens is 1. The molecule has 0 radical (unpaired) electrons. The number of imidazole rings is 1. The van der Waals surface area contributed by atoms with Crippen LogP contribution in [0.4, 0.5) is 10.1 Å².